The maximum Gasteiger partial charge on any atom is 0.160 e. The fraction of sp³-hybridized carbons (Fsp3) is 0.455. The van der Waals surface area contributed by atoms with Gasteiger partial charge in [-0.25, -0.2) is 8.42 Å². The van der Waals surface area contributed by atoms with Crippen molar-refractivity contribution in [3.63, 3.8) is 0 Å². The molecule has 1 saturated heterocycles. The summed E-state index contributed by atoms with van der Waals surface area (Å²) in [5, 5.41) is 11.4. The molecule has 3 heterocycles. The van der Waals surface area contributed by atoms with Gasteiger partial charge in [0, 0.05) is 12.2 Å². The molecule has 0 amide bonds. The zero-order chi connectivity index (χ0) is 12.6. The molecule has 1 aliphatic heterocycles. The van der Waals surface area contributed by atoms with Crippen LogP contribution >= 0.6 is 0 Å². The van der Waals surface area contributed by atoms with E-state index in [0.29, 0.717) is 13.0 Å². The van der Waals surface area contributed by atoms with E-state index in [9.17, 15) is 8.42 Å². The predicted octanol–water partition coefficient (Wildman–Crippen LogP) is 0.00600. The maximum absolute atomic E-state index is 11.3. The lowest BCUT2D eigenvalue weighted by atomic mass is 10.2. The number of fused-ring (bicyclic) bond motifs is 1. The average Bonchev–Trinajstić information content (AvgIpc) is 2.90. The molecule has 7 heteroatoms. The first-order chi connectivity index (χ1) is 8.64. The Hall–Kier alpha value is -1.47. The van der Waals surface area contributed by atoms with Crippen molar-refractivity contribution in [2.45, 2.75) is 19.0 Å². The third kappa shape index (κ3) is 2.23. The van der Waals surface area contributed by atoms with Crippen molar-refractivity contribution < 1.29 is 8.42 Å². The van der Waals surface area contributed by atoms with Gasteiger partial charge in [0.05, 0.1) is 18.1 Å². The monoisotopic (exact) mass is 266 g/mol. The first-order valence-corrected chi connectivity index (χ1v) is 7.69. The van der Waals surface area contributed by atoms with Gasteiger partial charge in [-0.05, 0) is 18.6 Å². The van der Waals surface area contributed by atoms with Crippen molar-refractivity contribution in [3.8, 4) is 0 Å². The van der Waals surface area contributed by atoms with E-state index in [0.717, 1.165) is 11.5 Å². The minimum Gasteiger partial charge on any atom is -0.306 e. The summed E-state index contributed by atoms with van der Waals surface area (Å²) >= 11 is 0. The van der Waals surface area contributed by atoms with Gasteiger partial charge in [0.25, 0.3) is 0 Å². The summed E-state index contributed by atoms with van der Waals surface area (Å²) in [5.41, 5.74) is 0.799. The zero-order valence-electron chi connectivity index (χ0n) is 9.78. The van der Waals surface area contributed by atoms with Crippen LogP contribution in [0.15, 0.2) is 24.4 Å². The van der Waals surface area contributed by atoms with Crippen molar-refractivity contribution in [1.82, 2.24) is 19.9 Å². The van der Waals surface area contributed by atoms with Crippen molar-refractivity contribution >= 4 is 15.5 Å². The minimum atomic E-state index is -2.83. The molecule has 1 fully saturated rings. The fourth-order valence-corrected chi connectivity index (χ4v) is 3.91. The largest absolute Gasteiger partial charge is 0.306 e. The second-order valence-corrected chi connectivity index (χ2v) is 6.75. The lowest BCUT2D eigenvalue weighted by molar-refractivity contribution is 0.539. The third-order valence-corrected chi connectivity index (χ3v) is 4.93. The first kappa shape index (κ1) is 11.6. The Bertz CT molecular complexity index is 664. The number of nitrogens with one attached hydrogen (secondary N) is 1. The number of aromatic nitrogens is 3. The number of hydrogen-bond donors (Lipinski definition) is 1. The van der Waals surface area contributed by atoms with Gasteiger partial charge in [-0.1, -0.05) is 6.07 Å². The summed E-state index contributed by atoms with van der Waals surface area (Å²) in [7, 11) is -2.83. The molecule has 0 radical (unpaired) electrons. The Morgan fingerprint density at radius 2 is 2.28 bits per heavy atom. The van der Waals surface area contributed by atoms with E-state index in [2.05, 4.69) is 15.5 Å². The topological polar surface area (TPSA) is 76.4 Å². The summed E-state index contributed by atoms with van der Waals surface area (Å²) in [6.07, 6.45) is 2.58. The van der Waals surface area contributed by atoms with Crippen molar-refractivity contribution in [1.29, 1.82) is 0 Å². The highest BCUT2D eigenvalue weighted by atomic mass is 32.2. The van der Waals surface area contributed by atoms with Gasteiger partial charge < -0.3 is 5.32 Å². The quantitative estimate of drug-likeness (QED) is 0.846. The predicted molar refractivity (Wildman–Crippen MR) is 66.9 cm³/mol. The molecule has 2 aromatic rings. The molecule has 3 rings (SSSR count). The molecule has 0 aromatic carbocycles. The van der Waals surface area contributed by atoms with E-state index in [1.807, 2.05) is 28.8 Å². The van der Waals surface area contributed by atoms with Crippen LogP contribution in [0.4, 0.5) is 0 Å². The van der Waals surface area contributed by atoms with E-state index in [4.69, 9.17) is 0 Å². The van der Waals surface area contributed by atoms with Crippen LogP contribution in [0.25, 0.3) is 5.65 Å². The van der Waals surface area contributed by atoms with Gasteiger partial charge in [-0.3, -0.25) is 4.40 Å². The Morgan fingerprint density at radius 1 is 1.39 bits per heavy atom. The zero-order valence-corrected chi connectivity index (χ0v) is 10.6. The molecule has 0 saturated carbocycles. The van der Waals surface area contributed by atoms with Gasteiger partial charge in [0.2, 0.25) is 0 Å². The van der Waals surface area contributed by atoms with Crippen LogP contribution in [0.3, 0.4) is 0 Å². The van der Waals surface area contributed by atoms with Crippen molar-refractivity contribution in [2.75, 3.05) is 11.5 Å². The second-order valence-electron chi connectivity index (χ2n) is 4.53. The third-order valence-electron chi connectivity index (χ3n) is 3.17. The lowest BCUT2D eigenvalue weighted by Crippen LogP contribution is -2.30. The summed E-state index contributed by atoms with van der Waals surface area (Å²) in [5.74, 6) is 1.31. The van der Waals surface area contributed by atoms with Gasteiger partial charge in [-0.2, -0.15) is 0 Å². The first-order valence-electron chi connectivity index (χ1n) is 5.86. The van der Waals surface area contributed by atoms with Crippen LogP contribution < -0.4 is 5.32 Å². The van der Waals surface area contributed by atoms with Gasteiger partial charge >= 0.3 is 0 Å². The van der Waals surface area contributed by atoms with E-state index in [1.54, 1.807) is 0 Å². The van der Waals surface area contributed by atoms with Gasteiger partial charge in [-0.15, -0.1) is 10.2 Å². The van der Waals surface area contributed by atoms with E-state index < -0.39 is 9.84 Å². The van der Waals surface area contributed by atoms with E-state index in [1.165, 1.54) is 0 Å². The highest BCUT2D eigenvalue weighted by molar-refractivity contribution is 7.91. The molecule has 1 aliphatic rings. The molecule has 6 nitrogen and oxygen atoms in total. The number of nitrogens with zero attached hydrogens (tertiary/aromatic N) is 3. The Labute approximate surface area is 105 Å². The van der Waals surface area contributed by atoms with Gasteiger partial charge in [0.1, 0.15) is 0 Å². The molecule has 96 valence electrons. The van der Waals surface area contributed by atoms with Crippen LogP contribution in [0.5, 0.6) is 0 Å². The Morgan fingerprint density at radius 3 is 3.06 bits per heavy atom. The Kier molecular flexibility index (Phi) is 2.79. The molecule has 1 atom stereocenters. The summed E-state index contributed by atoms with van der Waals surface area (Å²) in [4.78, 5) is 0. The van der Waals surface area contributed by atoms with E-state index in [-0.39, 0.29) is 17.5 Å². The fourth-order valence-electron chi connectivity index (χ4n) is 2.20. The summed E-state index contributed by atoms with van der Waals surface area (Å²) in [6.45, 7) is 0.533. The molecular formula is C11H14N4O2S. The molecule has 0 bridgehead atoms. The molecular weight excluding hydrogens is 252 g/mol. The van der Waals surface area contributed by atoms with Crippen LogP contribution in [-0.4, -0.2) is 40.6 Å². The molecule has 0 spiro atoms. The second kappa shape index (κ2) is 4.33. The molecule has 1 unspecified atom stereocenters. The number of rotatable bonds is 3. The van der Waals surface area contributed by atoms with Crippen molar-refractivity contribution in [2.24, 2.45) is 0 Å². The standard InChI is InChI=1S/C11H14N4O2S/c16-18(17)6-4-9(8-18)12-7-11-14-13-10-3-1-2-5-15(10)11/h1-3,5,9,12H,4,6-8H2. The average molecular weight is 266 g/mol. The normalized spacial score (nSPS) is 22.6. The van der Waals surface area contributed by atoms with Crippen molar-refractivity contribution in [3.05, 3.63) is 30.2 Å². The minimum absolute atomic E-state index is 0.0334. The summed E-state index contributed by atoms with van der Waals surface area (Å²) < 4.78 is 24.6. The van der Waals surface area contributed by atoms with Gasteiger partial charge in [0.15, 0.2) is 21.3 Å². The SMILES string of the molecule is O=S1(=O)CCC(NCc2nnc3ccccn23)C1. The molecule has 18 heavy (non-hydrogen) atoms. The van der Waals surface area contributed by atoms with Crippen LogP contribution in [0.2, 0.25) is 0 Å². The smallest absolute Gasteiger partial charge is 0.160 e. The maximum atomic E-state index is 11.3. The number of sulfone groups is 1. The van der Waals surface area contributed by atoms with Crippen LogP contribution in [0, 0.1) is 0 Å². The van der Waals surface area contributed by atoms with Crippen LogP contribution in [-0.2, 0) is 16.4 Å². The lowest BCUT2D eigenvalue weighted by Gasteiger charge is -2.09. The molecule has 2 aromatic heterocycles. The number of hydrogen-bond acceptors (Lipinski definition) is 5. The van der Waals surface area contributed by atoms with Crippen LogP contribution in [0.1, 0.15) is 12.2 Å². The Balaban J connectivity index is 1.71. The molecule has 0 aliphatic carbocycles. The highest BCUT2D eigenvalue weighted by Crippen LogP contribution is 2.12. The molecule has 1 N–H and O–H groups in total. The van der Waals surface area contributed by atoms with E-state index >= 15 is 0 Å². The number of pyridine rings is 1. The highest BCUT2D eigenvalue weighted by Gasteiger charge is 2.27. The summed E-state index contributed by atoms with van der Waals surface area (Å²) in [6, 6.07) is 5.74.